The summed E-state index contributed by atoms with van der Waals surface area (Å²) in [5.41, 5.74) is 2.68. The maximum atomic E-state index is 12.2. The molecule has 0 aromatic heterocycles. The van der Waals surface area contributed by atoms with Crippen molar-refractivity contribution in [2.24, 2.45) is 0 Å². The number of anilines is 2. The van der Waals surface area contributed by atoms with Gasteiger partial charge in [-0.1, -0.05) is 0 Å². The maximum Gasteiger partial charge on any atom is 0.248 e. The predicted octanol–water partition coefficient (Wildman–Crippen LogP) is 4.20. The molecule has 1 N–H and O–H groups in total. The van der Waals surface area contributed by atoms with Gasteiger partial charge in [-0.25, -0.2) is 0 Å². The van der Waals surface area contributed by atoms with E-state index < -0.39 is 0 Å². The van der Waals surface area contributed by atoms with Crippen LogP contribution in [0, 0.1) is 0 Å². The van der Waals surface area contributed by atoms with E-state index >= 15 is 0 Å². The summed E-state index contributed by atoms with van der Waals surface area (Å²) in [4.78, 5) is 14.4. The summed E-state index contributed by atoms with van der Waals surface area (Å²) in [6, 6.07) is 13.3. The van der Waals surface area contributed by atoms with Crippen molar-refractivity contribution < 1.29 is 14.3 Å². The number of nitrogens with zero attached hydrogens (tertiary/aromatic N) is 1. The molecule has 0 fully saturated rings. The largest absolute Gasteiger partial charge is 0.497 e. The predicted molar refractivity (Wildman–Crippen MR) is 107 cm³/mol. The van der Waals surface area contributed by atoms with E-state index in [2.05, 4.69) is 24.1 Å². The second-order valence-corrected chi connectivity index (χ2v) is 5.65. The lowest BCUT2D eigenvalue weighted by atomic mass is 10.1. The summed E-state index contributed by atoms with van der Waals surface area (Å²) in [6.07, 6.45) is 3.19. The molecule has 0 atom stereocenters. The SMILES string of the molecule is CCN(CC)c1ccc(NC(=O)/C=C/c2cc(OC)ccc2OC)cc1. The normalized spacial score (nSPS) is 10.6. The highest BCUT2D eigenvalue weighted by atomic mass is 16.5. The maximum absolute atomic E-state index is 12.2. The molecule has 138 valence electrons. The minimum Gasteiger partial charge on any atom is -0.497 e. The van der Waals surface area contributed by atoms with E-state index in [-0.39, 0.29) is 5.91 Å². The second kappa shape index (κ2) is 9.51. The van der Waals surface area contributed by atoms with Crippen LogP contribution in [0.2, 0.25) is 0 Å². The molecule has 2 aromatic carbocycles. The number of hydrogen-bond donors (Lipinski definition) is 1. The molecular formula is C21H26N2O3. The number of amides is 1. The van der Waals surface area contributed by atoms with Crippen LogP contribution in [0.4, 0.5) is 11.4 Å². The molecule has 2 aromatic rings. The number of methoxy groups -OCH3 is 2. The first-order valence-electron chi connectivity index (χ1n) is 8.67. The molecule has 0 heterocycles. The highest BCUT2D eigenvalue weighted by Gasteiger charge is 2.05. The number of rotatable bonds is 8. The molecule has 0 radical (unpaired) electrons. The first-order chi connectivity index (χ1) is 12.6. The Hall–Kier alpha value is -2.95. The number of benzene rings is 2. The van der Waals surface area contributed by atoms with Crippen molar-refractivity contribution in [3.05, 3.63) is 54.1 Å². The van der Waals surface area contributed by atoms with Crippen LogP contribution in [0.5, 0.6) is 11.5 Å². The van der Waals surface area contributed by atoms with E-state index in [0.29, 0.717) is 11.5 Å². The van der Waals surface area contributed by atoms with Gasteiger partial charge < -0.3 is 19.7 Å². The zero-order valence-corrected chi connectivity index (χ0v) is 15.8. The molecule has 26 heavy (non-hydrogen) atoms. The third kappa shape index (κ3) is 5.02. The third-order valence-corrected chi connectivity index (χ3v) is 4.11. The van der Waals surface area contributed by atoms with Gasteiger partial charge in [-0.2, -0.15) is 0 Å². The summed E-state index contributed by atoms with van der Waals surface area (Å²) in [6.45, 7) is 6.15. The van der Waals surface area contributed by atoms with Crippen molar-refractivity contribution in [3.8, 4) is 11.5 Å². The van der Waals surface area contributed by atoms with Crippen molar-refractivity contribution in [1.82, 2.24) is 0 Å². The van der Waals surface area contributed by atoms with Crippen molar-refractivity contribution in [3.63, 3.8) is 0 Å². The van der Waals surface area contributed by atoms with Crippen molar-refractivity contribution in [2.45, 2.75) is 13.8 Å². The van der Waals surface area contributed by atoms with Gasteiger partial charge in [0.2, 0.25) is 5.91 Å². The van der Waals surface area contributed by atoms with Gasteiger partial charge in [0.15, 0.2) is 0 Å². The summed E-state index contributed by atoms with van der Waals surface area (Å²) in [7, 11) is 3.19. The van der Waals surface area contributed by atoms with E-state index in [9.17, 15) is 4.79 Å². The van der Waals surface area contributed by atoms with Crippen molar-refractivity contribution in [1.29, 1.82) is 0 Å². The van der Waals surface area contributed by atoms with Crippen LogP contribution in [0.15, 0.2) is 48.5 Å². The molecule has 1 amide bonds. The monoisotopic (exact) mass is 354 g/mol. The van der Waals surface area contributed by atoms with Crippen LogP contribution in [0.3, 0.4) is 0 Å². The van der Waals surface area contributed by atoms with Gasteiger partial charge in [0.1, 0.15) is 11.5 Å². The number of nitrogens with one attached hydrogen (secondary N) is 1. The lowest BCUT2D eigenvalue weighted by Gasteiger charge is -2.21. The fraction of sp³-hybridized carbons (Fsp3) is 0.286. The zero-order chi connectivity index (χ0) is 18.9. The average Bonchev–Trinajstić information content (AvgIpc) is 2.68. The van der Waals surface area contributed by atoms with Gasteiger partial charge >= 0.3 is 0 Å². The Labute approximate surface area is 155 Å². The first-order valence-corrected chi connectivity index (χ1v) is 8.67. The number of ether oxygens (including phenoxy) is 2. The fourth-order valence-corrected chi connectivity index (χ4v) is 2.66. The molecular weight excluding hydrogens is 328 g/mol. The molecule has 2 rings (SSSR count). The zero-order valence-electron chi connectivity index (χ0n) is 15.8. The number of hydrogen-bond acceptors (Lipinski definition) is 4. The van der Waals surface area contributed by atoms with Crippen molar-refractivity contribution >= 4 is 23.4 Å². The van der Waals surface area contributed by atoms with Gasteiger partial charge in [0.25, 0.3) is 0 Å². The van der Waals surface area contributed by atoms with Gasteiger partial charge in [0.05, 0.1) is 14.2 Å². The molecule has 0 saturated carbocycles. The Balaban J connectivity index is 2.05. The van der Waals surface area contributed by atoms with Crippen molar-refractivity contribution in [2.75, 3.05) is 37.5 Å². The Kier molecular flexibility index (Phi) is 7.09. The Morgan fingerprint density at radius 3 is 2.31 bits per heavy atom. The molecule has 0 aliphatic rings. The summed E-state index contributed by atoms with van der Waals surface area (Å²) in [5, 5.41) is 2.86. The van der Waals surface area contributed by atoms with Gasteiger partial charge in [-0.15, -0.1) is 0 Å². The minimum absolute atomic E-state index is 0.203. The third-order valence-electron chi connectivity index (χ3n) is 4.11. The highest BCUT2D eigenvalue weighted by molar-refractivity contribution is 6.02. The summed E-state index contributed by atoms with van der Waals surface area (Å²) < 4.78 is 10.5. The molecule has 5 heteroatoms. The van der Waals surface area contributed by atoms with E-state index in [1.165, 1.54) is 6.08 Å². The van der Waals surface area contributed by atoms with Gasteiger partial charge in [-0.3, -0.25) is 4.79 Å². The summed E-state index contributed by atoms with van der Waals surface area (Å²) in [5.74, 6) is 1.18. The number of carbonyl (C=O) groups excluding carboxylic acids is 1. The first kappa shape index (κ1) is 19.4. The molecule has 0 bridgehead atoms. The molecule has 0 aliphatic carbocycles. The van der Waals surface area contributed by atoms with Crippen LogP contribution in [0.25, 0.3) is 6.08 Å². The van der Waals surface area contributed by atoms with Gasteiger partial charge in [0, 0.05) is 36.1 Å². The van der Waals surface area contributed by atoms with Crippen LogP contribution in [0.1, 0.15) is 19.4 Å². The lowest BCUT2D eigenvalue weighted by molar-refractivity contribution is -0.111. The van der Waals surface area contributed by atoms with Crippen LogP contribution in [-0.4, -0.2) is 33.2 Å². The standard InChI is InChI=1S/C21H26N2O3/c1-5-23(6-2)18-10-8-17(9-11-18)22-21(24)14-7-16-15-19(25-3)12-13-20(16)26-4/h7-15H,5-6H2,1-4H3,(H,22,24)/b14-7+. The molecule has 0 spiro atoms. The van der Waals surface area contributed by atoms with Crippen LogP contribution < -0.4 is 19.7 Å². The summed E-state index contributed by atoms with van der Waals surface area (Å²) >= 11 is 0. The van der Waals surface area contributed by atoms with Crippen LogP contribution in [-0.2, 0) is 4.79 Å². The second-order valence-electron chi connectivity index (χ2n) is 5.65. The van der Waals surface area contributed by atoms with Gasteiger partial charge in [-0.05, 0) is 62.4 Å². The Morgan fingerprint density at radius 1 is 1.04 bits per heavy atom. The molecule has 0 saturated heterocycles. The van der Waals surface area contributed by atoms with E-state index in [1.54, 1.807) is 20.3 Å². The quantitative estimate of drug-likeness (QED) is 0.722. The Bertz CT molecular complexity index is 750. The average molecular weight is 354 g/mol. The molecule has 0 aliphatic heterocycles. The fourth-order valence-electron chi connectivity index (χ4n) is 2.66. The van der Waals surface area contributed by atoms with E-state index in [0.717, 1.165) is 30.0 Å². The van der Waals surface area contributed by atoms with E-state index in [1.807, 2.05) is 42.5 Å². The number of carbonyl (C=O) groups is 1. The molecule has 5 nitrogen and oxygen atoms in total. The minimum atomic E-state index is -0.203. The smallest absolute Gasteiger partial charge is 0.248 e. The topological polar surface area (TPSA) is 50.8 Å². The van der Waals surface area contributed by atoms with E-state index in [4.69, 9.17) is 9.47 Å². The molecule has 0 unspecified atom stereocenters. The lowest BCUT2D eigenvalue weighted by Crippen LogP contribution is -2.21. The Morgan fingerprint density at radius 2 is 1.73 bits per heavy atom. The van der Waals surface area contributed by atoms with Crippen LogP contribution >= 0.6 is 0 Å². The highest BCUT2D eigenvalue weighted by Crippen LogP contribution is 2.25.